The van der Waals surface area contributed by atoms with Gasteiger partial charge in [-0.05, 0) is 42.0 Å². The Bertz CT molecular complexity index is 870. The highest BCUT2D eigenvalue weighted by Crippen LogP contribution is 2.39. The molecule has 4 heteroatoms. The molecule has 1 aliphatic rings. The molecule has 0 bridgehead atoms. The fraction of sp³-hybridized carbons (Fsp3) is 0.318. The van der Waals surface area contributed by atoms with E-state index in [1.165, 1.54) is 43.7 Å². The van der Waals surface area contributed by atoms with Crippen LogP contribution >= 0.6 is 11.6 Å². The lowest BCUT2D eigenvalue weighted by Crippen LogP contribution is -2.14. The summed E-state index contributed by atoms with van der Waals surface area (Å²) in [5.74, 6) is 0.292. The third kappa shape index (κ3) is 3.41. The molecule has 1 atom stereocenters. The minimum absolute atomic E-state index is 0.208. The predicted octanol–water partition coefficient (Wildman–Crippen LogP) is 6.36. The van der Waals surface area contributed by atoms with Gasteiger partial charge in [0.1, 0.15) is 5.82 Å². The number of hydrogen-bond donors (Lipinski definition) is 0. The molecule has 1 fully saturated rings. The molecule has 0 N–H and O–H groups in total. The van der Waals surface area contributed by atoms with Crippen molar-refractivity contribution in [2.75, 3.05) is 0 Å². The topological polar surface area (TPSA) is 17.8 Å². The molecule has 2 aromatic carbocycles. The third-order valence-electron chi connectivity index (χ3n) is 5.40. The van der Waals surface area contributed by atoms with Crippen LogP contribution in [0.5, 0.6) is 0 Å². The maximum absolute atomic E-state index is 14.6. The molecule has 1 aromatic heterocycles. The van der Waals surface area contributed by atoms with Crippen LogP contribution in [-0.2, 0) is 0 Å². The normalized spacial score (nSPS) is 16.5. The van der Waals surface area contributed by atoms with E-state index >= 15 is 0 Å². The van der Waals surface area contributed by atoms with E-state index in [1.54, 1.807) is 18.6 Å². The van der Waals surface area contributed by atoms with Crippen molar-refractivity contribution in [3.63, 3.8) is 0 Å². The van der Waals surface area contributed by atoms with E-state index < -0.39 is 0 Å². The highest BCUT2D eigenvalue weighted by Gasteiger charge is 2.23. The van der Waals surface area contributed by atoms with Gasteiger partial charge >= 0.3 is 0 Å². The molecule has 0 radical (unpaired) electrons. The van der Waals surface area contributed by atoms with Crippen LogP contribution in [0.4, 0.5) is 4.39 Å². The van der Waals surface area contributed by atoms with Crippen molar-refractivity contribution >= 4 is 11.6 Å². The number of aromatic nitrogens is 2. The molecule has 0 spiro atoms. The highest BCUT2D eigenvalue weighted by molar-refractivity contribution is 6.31. The Labute approximate surface area is 158 Å². The van der Waals surface area contributed by atoms with Crippen molar-refractivity contribution in [3.05, 3.63) is 88.7 Å². The van der Waals surface area contributed by atoms with E-state index in [0.29, 0.717) is 11.5 Å². The van der Waals surface area contributed by atoms with Crippen LogP contribution in [0.25, 0.3) is 0 Å². The van der Waals surface area contributed by atoms with Gasteiger partial charge in [0.05, 0.1) is 12.4 Å². The average molecular weight is 369 g/mol. The Morgan fingerprint density at radius 1 is 1.08 bits per heavy atom. The quantitative estimate of drug-likeness (QED) is 0.523. The van der Waals surface area contributed by atoms with Crippen LogP contribution in [0, 0.1) is 5.82 Å². The summed E-state index contributed by atoms with van der Waals surface area (Å²) in [6.45, 7) is 0. The summed E-state index contributed by atoms with van der Waals surface area (Å²) >= 11 is 6.54. The first-order valence-electron chi connectivity index (χ1n) is 9.25. The van der Waals surface area contributed by atoms with Crippen LogP contribution in [0.15, 0.2) is 61.2 Å². The summed E-state index contributed by atoms with van der Waals surface area (Å²) in [5.41, 5.74) is 2.88. The molecule has 26 heavy (non-hydrogen) atoms. The van der Waals surface area contributed by atoms with Gasteiger partial charge in [-0.3, -0.25) is 0 Å². The zero-order valence-corrected chi connectivity index (χ0v) is 15.4. The van der Waals surface area contributed by atoms with Gasteiger partial charge in [-0.15, -0.1) is 0 Å². The van der Waals surface area contributed by atoms with Crippen LogP contribution in [0.1, 0.15) is 60.8 Å². The van der Waals surface area contributed by atoms with E-state index in [4.69, 9.17) is 11.6 Å². The first kappa shape index (κ1) is 17.3. The molecular weight excluding hydrogens is 347 g/mol. The standard InChI is InChI=1S/C22H22ClFN2/c23-20-11-10-17(14-19(20)16-6-2-1-3-7-16)22(26-13-12-25-15-26)18-8-4-5-9-21(18)24/h4-5,8-16,22H,1-3,6-7H2. The van der Waals surface area contributed by atoms with E-state index in [1.807, 2.05) is 35.0 Å². The molecule has 0 amide bonds. The number of imidazole rings is 1. The molecule has 3 aromatic rings. The molecule has 1 aliphatic carbocycles. The zero-order valence-electron chi connectivity index (χ0n) is 14.6. The second-order valence-corrected chi connectivity index (χ2v) is 7.46. The smallest absolute Gasteiger partial charge is 0.128 e. The van der Waals surface area contributed by atoms with Gasteiger partial charge in [-0.25, -0.2) is 9.37 Å². The number of rotatable bonds is 4. The summed E-state index contributed by atoms with van der Waals surface area (Å²) in [6, 6.07) is 12.8. The second kappa shape index (κ2) is 7.63. The Balaban J connectivity index is 1.80. The van der Waals surface area contributed by atoms with Gasteiger partial charge in [-0.2, -0.15) is 0 Å². The van der Waals surface area contributed by atoms with Crippen LogP contribution in [-0.4, -0.2) is 9.55 Å². The highest BCUT2D eigenvalue weighted by atomic mass is 35.5. The second-order valence-electron chi connectivity index (χ2n) is 7.05. The summed E-state index contributed by atoms with van der Waals surface area (Å²) < 4.78 is 16.5. The minimum Gasteiger partial charge on any atom is -0.326 e. The van der Waals surface area contributed by atoms with Gasteiger partial charge < -0.3 is 4.57 Å². The Morgan fingerprint density at radius 3 is 2.62 bits per heavy atom. The minimum atomic E-state index is -0.252. The Hall–Kier alpha value is -2.13. The molecule has 2 nitrogen and oxygen atoms in total. The molecule has 1 saturated carbocycles. The Kier molecular flexibility index (Phi) is 5.07. The maximum atomic E-state index is 14.6. The lowest BCUT2D eigenvalue weighted by Gasteiger charge is -2.26. The summed E-state index contributed by atoms with van der Waals surface area (Å²) in [5, 5.41) is 0.818. The molecule has 0 saturated heterocycles. The van der Waals surface area contributed by atoms with Crippen molar-refractivity contribution in [2.45, 2.75) is 44.1 Å². The SMILES string of the molecule is Fc1ccccc1C(c1ccc(Cl)c(C2CCCCC2)c1)n1ccnc1. The maximum Gasteiger partial charge on any atom is 0.128 e. The number of hydrogen-bond acceptors (Lipinski definition) is 1. The van der Waals surface area contributed by atoms with Crippen LogP contribution < -0.4 is 0 Å². The van der Waals surface area contributed by atoms with E-state index in [-0.39, 0.29) is 11.9 Å². The van der Waals surface area contributed by atoms with E-state index in [0.717, 1.165) is 10.6 Å². The van der Waals surface area contributed by atoms with Crippen molar-refractivity contribution in [1.82, 2.24) is 9.55 Å². The van der Waals surface area contributed by atoms with Gasteiger partial charge in [0, 0.05) is 23.0 Å². The largest absolute Gasteiger partial charge is 0.326 e. The number of halogens is 2. The fourth-order valence-corrected chi connectivity index (χ4v) is 4.36. The molecule has 134 valence electrons. The fourth-order valence-electron chi connectivity index (χ4n) is 4.09. The van der Waals surface area contributed by atoms with Crippen LogP contribution in [0.3, 0.4) is 0 Å². The lowest BCUT2D eigenvalue weighted by atomic mass is 9.82. The molecule has 0 aliphatic heterocycles. The predicted molar refractivity (Wildman–Crippen MR) is 103 cm³/mol. The van der Waals surface area contributed by atoms with E-state index in [9.17, 15) is 4.39 Å². The van der Waals surface area contributed by atoms with Crippen molar-refractivity contribution in [1.29, 1.82) is 0 Å². The molecule has 1 unspecified atom stereocenters. The average Bonchev–Trinajstić information content (AvgIpc) is 3.20. The van der Waals surface area contributed by atoms with Gasteiger partial charge in [-0.1, -0.05) is 61.2 Å². The lowest BCUT2D eigenvalue weighted by molar-refractivity contribution is 0.443. The number of benzene rings is 2. The molecule has 4 rings (SSSR count). The monoisotopic (exact) mass is 368 g/mol. The van der Waals surface area contributed by atoms with Crippen LogP contribution in [0.2, 0.25) is 5.02 Å². The summed E-state index contributed by atoms with van der Waals surface area (Å²) in [4.78, 5) is 4.17. The number of nitrogens with zero attached hydrogens (tertiary/aromatic N) is 2. The van der Waals surface area contributed by atoms with Crippen molar-refractivity contribution in [3.8, 4) is 0 Å². The first-order chi connectivity index (χ1) is 12.7. The summed E-state index contributed by atoms with van der Waals surface area (Å²) in [7, 11) is 0. The molecular formula is C22H22ClFN2. The third-order valence-corrected chi connectivity index (χ3v) is 5.75. The zero-order chi connectivity index (χ0) is 17.9. The molecule has 1 heterocycles. The van der Waals surface area contributed by atoms with E-state index in [2.05, 4.69) is 11.1 Å². The van der Waals surface area contributed by atoms with Crippen molar-refractivity contribution in [2.24, 2.45) is 0 Å². The van der Waals surface area contributed by atoms with Crippen molar-refractivity contribution < 1.29 is 4.39 Å². The first-order valence-corrected chi connectivity index (χ1v) is 9.63. The summed E-state index contributed by atoms with van der Waals surface area (Å²) in [6.07, 6.45) is 11.5. The van der Waals surface area contributed by atoms with Gasteiger partial charge in [0.25, 0.3) is 0 Å². The van der Waals surface area contributed by atoms with Gasteiger partial charge in [0.2, 0.25) is 0 Å². The Morgan fingerprint density at radius 2 is 1.88 bits per heavy atom. The van der Waals surface area contributed by atoms with Gasteiger partial charge in [0.15, 0.2) is 0 Å².